The van der Waals surface area contributed by atoms with Crippen molar-refractivity contribution in [2.45, 2.75) is 70.5 Å². The second kappa shape index (κ2) is 6.10. The number of carbonyl (C=O) groups is 1. The predicted molar refractivity (Wildman–Crippen MR) is 94.4 cm³/mol. The molecule has 0 bridgehead atoms. The normalized spacial score (nSPS) is 37.6. The van der Waals surface area contributed by atoms with E-state index in [-0.39, 0.29) is 11.5 Å². The van der Waals surface area contributed by atoms with Crippen molar-refractivity contribution in [3.8, 4) is 5.75 Å². The van der Waals surface area contributed by atoms with Crippen LogP contribution in [0.2, 0.25) is 0 Å². The van der Waals surface area contributed by atoms with E-state index in [4.69, 9.17) is 4.74 Å². The van der Waals surface area contributed by atoms with Crippen LogP contribution in [0.5, 0.6) is 5.75 Å². The summed E-state index contributed by atoms with van der Waals surface area (Å²) >= 11 is 0. The van der Waals surface area contributed by atoms with Gasteiger partial charge in [0.05, 0.1) is 6.10 Å². The first-order chi connectivity index (χ1) is 11.9. The minimum atomic E-state index is -1.11. The Morgan fingerprint density at radius 3 is 2.84 bits per heavy atom. The molecule has 0 aromatic heterocycles. The molecule has 6 atom stereocenters. The van der Waals surface area contributed by atoms with Gasteiger partial charge in [-0.15, -0.1) is 0 Å². The molecular weight excluding hydrogens is 316 g/mol. The molecule has 136 valence electrons. The van der Waals surface area contributed by atoms with Crippen LogP contribution in [0.3, 0.4) is 0 Å². The molecule has 4 rings (SSSR count). The van der Waals surface area contributed by atoms with Gasteiger partial charge in [-0.2, -0.15) is 0 Å². The molecule has 0 spiro atoms. The number of rotatable bonds is 2. The maximum Gasteiger partial charge on any atom is 0.340 e. The van der Waals surface area contributed by atoms with E-state index in [0.29, 0.717) is 23.5 Å². The lowest BCUT2D eigenvalue weighted by atomic mass is 9.55. The second-order valence-electron chi connectivity index (χ2n) is 8.51. The maximum absolute atomic E-state index is 11.6. The largest absolute Gasteiger partial charge is 0.425 e. The lowest BCUT2D eigenvalue weighted by molar-refractivity contribution is -0.142. The Bertz CT molecular complexity index is 682. The predicted octanol–water partition coefficient (Wildman–Crippen LogP) is 3.19. The number of hydrogen-bond acceptors (Lipinski definition) is 4. The van der Waals surface area contributed by atoms with E-state index in [2.05, 4.69) is 13.0 Å². The summed E-state index contributed by atoms with van der Waals surface area (Å²) in [5.41, 5.74) is 2.78. The number of carbonyl (C=O) groups excluding carboxylic acids is 1. The van der Waals surface area contributed by atoms with Crippen molar-refractivity contribution in [3.63, 3.8) is 0 Å². The summed E-state index contributed by atoms with van der Waals surface area (Å²) in [5, 5.41) is 19.8. The Labute approximate surface area is 149 Å². The Kier molecular flexibility index (Phi) is 4.16. The summed E-state index contributed by atoms with van der Waals surface area (Å²) in [6.07, 6.45) is 5.24. The first-order valence-electron chi connectivity index (χ1n) is 9.61. The first-order valence-corrected chi connectivity index (χ1v) is 9.61. The van der Waals surface area contributed by atoms with Gasteiger partial charge in [0.25, 0.3) is 0 Å². The quantitative estimate of drug-likeness (QED) is 0.639. The molecule has 4 nitrogen and oxygen atoms in total. The van der Waals surface area contributed by atoms with Gasteiger partial charge in [0.15, 0.2) is 0 Å². The Balaban J connectivity index is 1.58. The summed E-state index contributed by atoms with van der Waals surface area (Å²) in [4.78, 5) is 11.6. The summed E-state index contributed by atoms with van der Waals surface area (Å²) in [7, 11) is 0. The van der Waals surface area contributed by atoms with Gasteiger partial charge in [-0.25, -0.2) is 4.79 Å². The van der Waals surface area contributed by atoms with Gasteiger partial charge >= 0.3 is 5.97 Å². The fourth-order valence-corrected chi connectivity index (χ4v) is 5.80. The second-order valence-corrected chi connectivity index (χ2v) is 8.51. The molecule has 2 fully saturated rings. The van der Waals surface area contributed by atoms with Crippen LogP contribution in [0.15, 0.2) is 18.2 Å². The van der Waals surface area contributed by atoms with Crippen molar-refractivity contribution in [2.75, 3.05) is 0 Å². The molecule has 3 aliphatic rings. The highest BCUT2D eigenvalue weighted by Gasteiger charge is 2.54. The smallest absolute Gasteiger partial charge is 0.340 e. The Hall–Kier alpha value is -1.39. The number of aliphatic hydroxyl groups is 2. The van der Waals surface area contributed by atoms with Gasteiger partial charge in [-0.1, -0.05) is 13.0 Å². The number of benzene rings is 1. The Morgan fingerprint density at radius 2 is 2.08 bits per heavy atom. The molecule has 4 heteroatoms. The average molecular weight is 344 g/mol. The molecule has 0 aliphatic heterocycles. The van der Waals surface area contributed by atoms with Gasteiger partial charge in [0.1, 0.15) is 11.9 Å². The van der Waals surface area contributed by atoms with Crippen molar-refractivity contribution in [2.24, 2.45) is 17.3 Å². The standard InChI is InChI=1S/C21H28O4/c1-12(22)20(24)25-14-4-6-15-13(11-14)3-5-17-16(15)9-10-21(2)18(17)7-8-19(21)23/h4,6,11-12,16-19,22-23H,3,5,7-10H2,1-2H3/t12?,16-,17-,18+,19+,21+/m1/s1. The van der Waals surface area contributed by atoms with Crippen molar-refractivity contribution < 1.29 is 19.7 Å². The van der Waals surface area contributed by atoms with Gasteiger partial charge < -0.3 is 14.9 Å². The summed E-state index contributed by atoms with van der Waals surface area (Å²) < 4.78 is 5.26. The zero-order valence-corrected chi connectivity index (χ0v) is 15.1. The highest BCUT2D eigenvalue weighted by atomic mass is 16.5. The number of ether oxygens (including phenoxy) is 1. The third kappa shape index (κ3) is 2.70. The van der Waals surface area contributed by atoms with Gasteiger partial charge in [0.2, 0.25) is 0 Å². The minimum Gasteiger partial charge on any atom is -0.425 e. The first kappa shape index (κ1) is 17.0. The molecule has 0 amide bonds. The third-order valence-corrected chi connectivity index (χ3v) is 7.21. The molecule has 3 aliphatic carbocycles. The molecule has 0 heterocycles. The highest BCUT2D eigenvalue weighted by molar-refractivity contribution is 5.76. The fourth-order valence-electron chi connectivity index (χ4n) is 5.80. The number of aliphatic hydroxyl groups excluding tert-OH is 2. The number of hydrogen-bond donors (Lipinski definition) is 2. The van der Waals surface area contributed by atoms with Crippen molar-refractivity contribution >= 4 is 5.97 Å². The lowest BCUT2D eigenvalue weighted by Crippen LogP contribution is -2.43. The van der Waals surface area contributed by atoms with E-state index < -0.39 is 12.1 Å². The molecule has 1 unspecified atom stereocenters. The highest BCUT2D eigenvalue weighted by Crippen LogP contribution is 2.60. The van der Waals surface area contributed by atoms with Crippen molar-refractivity contribution in [1.82, 2.24) is 0 Å². The van der Waals surface area contributed by atoms with Crippen LogP contribution in [-0.2, 0) is 11.2 Å². The summed E-state index contributed by atoms with van der Waals surface area (Å²) in [5.74, 6) is 1.77. The van der Waals surface area contributed by atoms with Crippen molar-refractivity contribution in [1.29, 1.82) is 0 Å². The topological polar surface area (TPSA) is 66.8 Å². The molecule has 1 aromatic carbocycles. The lowest BCUT2D eigenvalue weighted by Gasteiger charge is -2.50. The van der Waals surface area contributed by atoms with Crippen LogP contribution in [-0.4, -0.2) is 28.4 Å². The van der Waals surface area contributed by atoms with E-state index in [1.54, 1.807) is 0 Å². The van der Waals surface area contributed by atoms with Gasteiger partial charge in [-0.05, 0) is 91.9 Å². The van der Waals surface area contributed by atoms with Gasteiger partial charge in [-0.3, -0.25) is 0 Å². The molecule has 0 saturated heterocycles. The number of esters is 1. The van der Waals surface area contributed by atoms with Crippen LogP contribution in [0.25, 0.3) is 0 Å². The monoisotopic (exact) mass is 344 g/mol. The van der Waals surface area contributed by atoms with Crippen LogP contribution in [0.1, 0.15) is 63.0 Å². The maximum atomic E-state index is 11.6. The SMILES string of the molecule is CC(O)C(=O)Oc1ccc2c(c1)CC[C@@H]1[C@@H]2CC[C@]2(C)[C@@H](O)CC[C@@H]12. The molecule has 2 N–H and O–H groups in total. The summed E-state index contributed by atoms with van der Waals surface area (Å²) in [6, 6.07) is 5.95. The van der Waals surface area contributed by atoms with Crippen LogP contribution in [0.4, 0.5) is 0 Å². The van der Waals surface area contributed by atoms with Crippen LogP contribution < -0.4 is 4.74 Å². The average Bonchev–Trinajstić information content (AvgIpc) is 2.89. The van der Waals surface area contributed by atoms with Crippen LogP contribution >= 0.6 is 0 Å². The molecule has 25 heavy (non-hydrogen) atoms. The third-order valence-electron chi connectivity index (χ3n) is 7.21. The fraction of sp³-hybridized carbons (Fsp3) is 0.667. The zero-order valence-electron chi connectivity index (χ0n) is 15.1. The molecular formula is C21H28O4. The molecule has 1 aromatic rings. The van der Waals surface area contributed by atoms with E-state index >= 15 is 0 Å². The Morgan fingerprint density at radius 1 is 1.28 bits per heavy atom. The van der Waals surface area contributed by atoms with E-state index in [0.717, 1.165) is 38.5 Å². The van der Waals surface area contributed by atoms with Gasteiger partial charge in [0, 0.05) is 0 Å². The number of fused-ring (bicyclic) bond motifs is 5. The van der Waals surface area contributed by atoms with E-state index in [1.807, 2.05) is 12.1 Å². The minimum absolute atomic E-state index is 0.103. The number of aryl methyl sites for hydroxylation is 1. The van der Waals surface area contributed by atoms with Crippen molar-refractivity contribution in [3.05, 3.63) is 29.3 Å². The molecule has 0 radical (unpaired) electrons. The van der Waals surface area contributed by atoms with E-state index in [9.17, 15) is 15.0 Å². The van der Waals surface area contributed by atoms with Crippen LogP contribution in [0, 0.1) is 17.3 Å². The van der Waals surface area contributed by atoms with E-state index in [1.165, 1.54) is 18.1 Å². The molecule has 2 saturated carbocycles. The zero-order chi connectivity index (χ0) is 17.8. The summed E-state index contributed by atoms with van der Waals surface area (Å²) in [6.45, 7) is 3.71.